The Morgan fingerprint density at radius 3 is 3.00 bits per heavy atom. The van der Waals surface area contributed by atoms with Gasteiger partial charge in [-0.1, -0.05) is 11.6 Å². The van der Waals surface area contributed by atoms with Crippen LogP contribution in [0.25, 0.3) is 0 Å². The van der Waals surface area contributed by atoms with E-state index in [0.29, 0.717) is 0 Å². The van der Waals surface area contributed by atoms with Crippen LogP contribution in [-0.4, -0.2) is 11.7 Å². The van der Waals surface area contributed by atoms with Gasteiger partial charge in [0.25, 0.3) is 0 Å². The van der Waals surface area contributed by atoms with Gasteiger partial charge in [0.05, 0.1) is 0 Å². The number of nitrogens with zero attached hydrogens (tertiary/aromatic N) is 1. The maximum Gasteiger partial charge on any atom is 0.332 e. The van der Waals surface area contributed by atoms with E-state index in [4.69, 9.17) is 5.73 Å². The SMILES string of the molecule is C/C(CC1=CCCCC1)=N\NC(N)=O. The summed E-state index contributed by atoms with van der Waals surface area (Å²) in [6, 6.07) is -0.609. The second kappa shape index (κ2) is 5.42. The zero-order chi connectivity index (χ0) is 10.4. The van der Waals surface area contributed by atoms with Crippen molar-refractivity contribution in [1.82, 2.24) is 5.43 Å². The number of hydrogen-bond donors (Lipinski definition) is 2. The van der Waals surface area contributed by atoms with E-state index >= 15 is 0 Å². The summed E-state index contributed by atoms with van der Waals surface area (Å²) in [6.45, 7) is 1.89. The highest BCUT2D eigenvalue weighted by Gasteiger charge is 2.04. The largest absolute Gasteiger partial charge is 0.350 e. The van der Waals surface area contributed by atoms with Gasteiger partial charge in [-0.3, -0.25) is 0 Å². The molecule has 0 aromatic carbocycles. The zero-order valence-electron chi connectivity index (χ0n) is 8.55. The summed E-state index contributed by atoms with van der Waals surface area (Å²) in [5, 5.41) is 3.87. The third-order valence-corrected chi connectivity index (χ3v) is 2.22. The van der Waals surface area contributed by atoms with Crippen LogP contribution in [-0.2, 0) is 0 Å². The molecule has 4 nitrogen and oxygen atoms in total. The molecule has 0 radical (unpaired) electrons. The Morgan fingerprint density at radius 1 is 1.64 bits per heavy atom. The standard InChI is InChI=1S/C10H17N3O/c1-8(12-13-10(11)14)7-9-5-3-2-4-6-9/h5H,2-4,6-7H2,1H3,(H3,11,13,14)/b12-8+. The summed E-state index contributed by atoms with van der Waals surface area (Å²) >= 11 is 0. The number of amides is 2. The van der Waals surface area contributed by atoms with Gasteiger partial charge >= 0.3 is 6.03 Å². The summed E-state index contributed by atoms with van der Waals surface area (Å²) in [7, 11) is 0. The number of primary amides is 1. The van der Waals surface area contributed by atoms with E-state index in [9.17, 15) is 4.79 Å². The molecule has 1 rings (SSSR count). The molecule has 0 fully saturated rings. The van der Waals surface area contributed by atoms with Crippen LogP contribution in [0.3, 0.4) is 0 Å². The van der Waals surface area contributed by atoms with Crippen LogP contribution >= 0.6 is 0 Å². The van der Waals surface area contributed by atoms with Crippen LogP contribution in [0.2, 0.25) is 0 Å². The molecule has 1 aliphatic rings. The Hall–Kier alpha value is -1.32. The van der Waals surface area contributed by atoms with Gasteiger partial charge in [-0.05, 0) is 32.6 Å². The molecule has 4 heteroatoms. The average Bonchev–Trinajstić information content (AvgIpc) is 2.16. The number of carbonyl (C=O) groups is 1. The van der Waals surface area contributed by atoms with Crippen molar-refractivity contribution in [2.24, 2.45) is 10.8 Å². The minimum atomic E-state index is -0.609. The van der Waals surface area contributed by atoms with E-state index < -0.39 is 6.03 Å². The lowest BCUT2D eigenvalue weighted by molar-refractivity contribution is 0.249. The van der Waals surface area contributed by atoms with E-state index in [2.05, 4.69) is 16.6 Å². The quantitative estimate of drug-likeness (QED) is 0.403. The predicted molar refractivity (Wildman–Crippen MR) is 57.0 cm³/mol. The lowest BCUT2D eigenvalue weighted by Gasteiger charge is -2.11. The summed E-state index contributed by atoms with van der Waals surface area (Å²) in [6.07, 6.45) is 8.00. The molecule has 0 aromatic heterocycles. The van der Waals surface area contributed by atoms with Crippen molar-refractivity contribution in [3.63, 3.8) is 0 Å². The lowest BCUT2D eigenvalue weighted by Crippen LogP contribution is -2.25. The number of nitrogens with two attached hydrogens (primary N) is 1. The van der Waals surface area contributed by atoms with Crippen LogP contribution in [0.15, 0.2) is 16.8 Å². The number of hydrogen-bond acceptors (Lipinski definition) is 2. The molecule has 0 saturated carbocycles. The van der Waals surface area contributed by atoms with Gasteiger partial charge in [0.2, 0.25) is 0 Å². The first kappa shape index (κ1) is 10.8. The second-order valence-electron chi connectivity index (χ2n) is 3.61. The maximum absolute atomic E-state index is 10.4. The Balaban J connectivity index is 2.38. The first-order valence-electron chi connectivity index (χ1n) is 4.95. The fraction of sp³-hybridized carbons (Fsp3) is 0.600. The fourth-order valence-electron chi connectivity index (χ4n) is 1.58. The monoisotopic (exact) mass is 195 g/mol. The van der Waals surface area contributed by atoms with Crippen LogP contribution in [0, 0.1) is 0 Å². The number of nitrogens with one attached hydrogen (secondary N) is 1. The minimum Gasteiger partial charge on any atom is -0.350 e. The summed E-state index contributed by atoms with van der Waals surface area (Å²) in [4.78, 5) is 10.4. The molecule has 2 amide bonds. The van der Waals surface area contributed by atoms with Gasteiger partial charge in [-0.2, -0.15) is 5.10 Å². The van der Waals surface area contributed by atoms with Gasteiger partial charge in [0.1, 0.15) is 0 Å². The second-order valence-corrected chi connectivity index (χ2v) is 3.61. The van der Waals surface area contributed by atoms with Crippen molar-refractivity contribution < 1.29 is 4.79 Å². The van der Waals surface area contributed by atoms with E-state index in [1.807, 2.05) is 6.92 Å². The smallest absolute Gasteiger partial charge is 0.332 e. The van der Waals surface area contributed by atoms with Crippen LogP contribution in [0.5, 0.6) is 0 Å². The van der Waals surface area contributed by atoms with Gasteiger partial charge in [-0.25, -0.2) is 10.2 Å². The zero-order valence-corrected chi connectivity index (χ0v) is 8.55. The molecule has 0 unspecified atom stereocenters. The van der Waals surface area contributed by atoms with Crippen molar-refractivity contribution in [3.05, 3.63) is 11.6 Å². The summed E-state index contributed by atoms with van der Waals surface area (Å²) in [5.74, 6) is 0. The molecule has 0 aromatic rings. The van der Waals surface area contributed by atoms with Crippen LogP contribution < -0.4 is 11.2 Å². The van der Waals surface area contributed by atoms with E-state index in [0.717, 1.165) is 18.6 Å². The molecule has 0 saturated heterocycles. The van der Waals surface area contributed by atoms with Gasteiger partial charge in [0.15, 0.2) is 0 Å². The van der Waals surface area contributed by atoms with Gasteiger partial charge in [0, 0.05) is 12.1 Å². The molecule has 0 heterocycles. The summed E-state index contributed by atoms with van der Waals surface area (Å²) < 4.78 is 0. The first-order chi connectivity index (χ1) is 6.68. The molecule has 0 spiro atoms. The van der Waals surface area contributed by atoms with E-state index in [1.165, 1.54) is 24.8 Å². The summed E-state index contributed by atoms with van der Waals surface area (Å²) in [5.41, 5.74) is 9.46. The molecule has 0 bridgehead atoms. The normalized spacial score (nSPS) is 17.5. The molecular weight excluding hydrogens is 178 g/mol. The van der Waals surface area contributed by atoms with Crippen LogP contribution in [0.4, 0.5) is 4.79 Å². The third kappa shape index (κ3) is 4.07. The van der Waals surface area contributed by atoms with E-state index in [-0.39, 0.29) is 0 Å². The number of carbonyl (C=O) groups excluding carboxylic acids is 1. The third-order valence-electron chi connectivity index (χ3n) is 2.22. The highest BCUT2D eigenvalue weighted by Crippen LogP contribution is 2.20. The maximum atomic E-state index is 10.4. The number of allylic oxidation sites excluding steroid dienone is 2. The molecule has 0 atom stereocenters. The highest BCUT2D eigenvalue weighted by molar-refractivity contribution is 5.85. The fourth-order valence-corrected chi connectivity index (χ4v) is 1.58. The highest BCUT2D eigenvalue weighted by atomic mass is 16.2. The number of hydrazone groups is 1. The minimum absolute atomic E-state index is 0.609. The number of urea groups is 1. The average molecular weight is 195 g/mol. The van der Waals surface area contributed by atoms with Crippen molar-refractivity contribution in [1.29, 1.82) is 0 Å². The first-order valence-corrected chi connectivity index (χ1v) is 4.95. The molecule has 1 aliphatic carbocycles. The van der Waals surface area contributed by atoms with Crippen molar-refractivity contribution in [2.45, 2.75) is 39.0 Å². The van der Waals surface area contributed by atoms with Gasteiger partial charge in [-0.15, -0.1) is 0 Å². The van der Waals surface area contributed by atoms with Crippen molar-refractivity contribution in [3.8, 4) is 0 Å². The number of rotatable bonds is 3. The Labute approximate surface area is 84.2 Å². The molecule has 0 aliphatic heterocycles. The Morgan fingerprint density at radius 2 is 2.43 bits per heavy atom. The topological polar surface area (TPSA) is 67.5 Å². The molecule has 14 heavy (non-hydrogen) atoms. The van der Waals surface area contributed by atoms with Crippen LogP contribution in [0.1, 0.15) is 39.0 Å². The molecule has 78 valence electrons. The van der Waals surface area contributed by atoms with Crippen molar-refractivity contribution in [2.75, 3.05) is 0 Å². The molecule has 3 N–H and O–H groups in total. The Bertz CT molecular complexity index is 269. The van der Waals surface area contributed by atoms with Gasteiger partial charge < -0.3 is 5.73 Å². The van der Waals surface area contributed by atoms with E-state index in [1.54, 1.807) is 0 Å². The lowest BCUT2D eigenvalue weighted by atomic mass is 9.96. The predicted octanol–water partition coefficient (Wildman–Crippen LogP) is 1.92. The Kier molecular flexibility index (Phi) is 4.16. The van der Waals surface area contributed by atoms with Crippen molar-refractivity contribution >= 4 is 11.7 Å². The molecular formula is C10H17N3O.